The fourth-order valence-electron chi connectivity index (χ4n) is 3.00. The molecule has 0 radical (unpaired) electrons. The first-order chi connectivity index (χ1) is 13.7. The molecule has 3 rings (SSSR count). The van der Waals surface area contributed by atoms with Gasteiger partial charge in [-0.15, -0.1) is 0 Å². The number of nitrogens with one attached hydrogen (secondary N) is 1. The van der Waals surface area contributed by atoms with E-state index in [1.807, 2.05) is 30.3 Å². The van der Waals surface area contributed by atoms with Gasteiger partial charge in [-0.3, -0.25) is 10.1 Å². The molecule has 7 nitrogen and oxygen atoms in total. The number of imide groups is 1. The van der Waals surface area contributed by atoms with Crippen LogP contribution in [0.1, 0.15) is 36.7 Å². The van der Waals surface area contributed by atoms with E-state index in [9.17, 15) is 14.4 Å². The Morgan fingerprint density at radius 2 is 1.76 bits per heavy atom. The third kappa shape index (κ3) is 5.34. The number of amides is 3. The van der Waals surface area contributed by atoms with Crippen LogP contribution in [0.5, 0.6) is 0 Å². The number of rotatable bonds is 4. The standard InChI is InChI=1S/C22H24N2O5/c1-22(2,3)29-20(26)23-17-11-9-16(10-12-17)19(25)24-18(14-28-21(24)27)13-15-7-5-4-6-8-15/h4-12,18H,13-14H2,1-3H3,(H,23,26)/t18-/m1/s1. The predicted molar refractivity (Wildman–Crippen MR) is 108 cm³/mol. The molecule has 0 saturated carbocycles. The summed E-state index contributed by atoms with van der Waals surface area (Å²) < 4.78 is 10.3. The molecule has 0 unspecified atom stereocenters. The lowest BCUT2D eigenvalue weighted by atomic mass is 10.0. The summed E-state index contributed by atoms with van der Waals surface area (Å²) in [5.74, 6) is -0.433. The van der Waals surface area contributed by atoms with E-state index in [1.54, 1.807) is 45.0 Å². The number of hydrogen-bond acceptors (Lipinski definition) is 5. The van der Waals surface area contributed by atoms with Crippen LogP contribution in [-0.2, 0) is 15.9 Å². The van der Waals surface area contributed by atoms with E-state index in [4.69, 9.17) is 9.47 Å². The molecule has 2 aromatic rings. The number of benzene rings is 2. The Bertz CT molecular complexity index is 888. The summed E-state index contributed by atoms with van der Waals surface area (Å²) in [7, 11) is 0. The first-order valence-electron chi connectivity index (χ1n) is 9.37. The van der Waals surface area contributed by atoms with Gasteiger partial charge in [0.1, 0.15) is 12.2 Å². The zero-order valence-corrected chi connectivity index (χ0v) is 16.7. The Morgan fingerprint density at radius 1 is 1.10 bits per heavy atom. The molecule has 1 saturated heterocycles. The van der Waals surface area contributed by atoms with Crippen LogP contribution >= 0.6 is 0 Å². The second-order valence-electron chi connectivity index (χ2n) is 7.80. The van der Waals surface area contributed by atoms with Crippen molar-refractivity contribution in [1.29, 1.82) is 0 Å². The maximum absolute atomic E-state index is 12.9. The molecular weight excluding hydrogens is 372 g/mol. The summed E-state index contributed by atoms with van der Waals surface area (Å²) in [4.78, 5) is 38.0. The number of hydrogen-bond donors (Lipinski definition) is 1. The molecule has 1 atom stereocenters. The van der Waals surface area contributed by atoms with E-state index < -0.39 is 23.7 Å². The number of ether oxygens (including phenoxy) is 2. The molecule has 1 N–H and O–H groups in total. The molecule has 1 fully saturated rings. The van der Waals surface area contributed by atoms with Crippen LogP contribution in [0.4, 0.5) is 15.3 Å². The maximum atomic E-state index is 12.9. The van der Waals surface area contributed by atoms with E-state index >= 15 is 0 Å². The Kier molecular flexibility index (Phi) is 5.87. The van der Waals surface area contributed by atoms with Gasteiger partial charge in [0.05, 0.1) is 6.04 Å². The minimum atomic E-state index is -0.646. The van der Waals surface area contributed by atoms with Crippen molar-refractivity contribution in [1.82, 2.24) is 4.90 Å². The molecule has 1 aliphatic rings. The Hall–Kier alpha value is -3.35. The van der Waals surface area contributed by atoms with Crippen molar-refractivity contribution in [3.05, 3.63) is 65.7 Å². The van der Waals surface area contributed by atoms with Gasteiger partial charge in [0.2, 0.25) is 0 Å². The fourth-order valence-corrected chi connectivity index (χ4v) is 3.00. The van der Waals surface area contributed by atoms with Gasteiger partial charge in [0.15, 0.2) is 0 Å². The normalized spacial score (nSPS) is 16.3. The third-order valence-electron chi connectivity index (χ3n) is 4.27. The van der Waals surface area contributed by atoms with Gasteiger partial charge in [-0.2, -0.15) is 0 Å². The van der Waals surface area contributed by atoms with E-state index in [-0.39, 0.29) is 12.6 Å². The largest absolute Gasteiger partial charge is 0.447 e. The smallest absolute Gasteiger partial charge is 0.417 e. The van der Waals surface area contributed by atoms with Crippen LogP contribution in [0.3, 0.4) is 0 Å². The SMILES string of the molecule is CC(C)(C)OC(=O)Nc1ccc(C(=O)N2C(=O)OC[C@H]2Cc2ccccc2)cc1. The Labute approximate surface area is 169 Å². The van der Waals surface area contributed by atoms with Gasteiger partial charge in [-0.1, -0.05) is 30.3 Å². The maximum Gasteiger partial charge on any atom is 0.417 e. The molecule has 3 amide bonds. The lowest BCUT2D eigenvalue weighted by molar-refractivity contribution is 0.0635. The van der Waals surface area contributed by atoms with Crippen molar-refractivity contribution in [2.45, 2.75) is 38.8 Å². The highest BCUT2D eigenvalue weighted by Gasteiger charge is 2.38. The summed E-state index contributed by atoms with van der Waals surface area (Å²) in [6.45, 7) is 5.48. The average Bonchev–Trinajstić information content (AvgIpc) is 3.01. The first kappa shape index (κ1) is 20.4. The Morgan fingerprint density at radius 3 is 2.38 bits per heavy atom. The van der Waals surface area contributed by atoms with Crippen LogP contribution in [0.15, 0.2) is 54.6 Å². The highest BCUT2D eigenvalue weighted by Crippen LogP contribution is 2.21. The minimum Gasteiger partial charge on any atom is -0.447 e. The zero-order valence-electron chi connectivity index (χ0n) is 16.7. The van der Waals surface area contributed by atoms with Gasteiger partial charge >= 0.3 is 12.2 Å². The second-order valence-corrected chi connectivity index (χ2v) is 7.80. The van der Waals surface area contributed by atoms with Crippen LogP contribution < -0.4 is 5.32 Å². The van der Waals surface area contributed by atoms with E-state index in [0.29, 0.717) is 17.7 Å². The average molecular weight is 396 g/mol. The van der Waals surface area contributed by atoms with Crippen LogP contribution in [0, 0.1) is 0 Å². The van der Waals surface area contributed by atoms with Gasteiger partial charge in [-0.25, -0.2) is 14.5 Å². The summed E-state index contributed by atoms with van der Waals surface area (Å²) in [5, 5.41) is 2.61. The quantitative estimate of drug-likeness (QED) is 0.836. The zero-order chi connectivity index (χ0) is 21.0. The monoisotopic (exact) mass is 396 g/mol. The Balaban J connectivity index is 1.68. The third-order valence-corrected chi connectivity index (χ3v) is 4.27. The highest BCUT2D eigenvalue weighted by molar-refractivity contribution is 6.04. The van der Waals surface area contributed by atoms with Gasteiger partial charge in [0, 0.05) is 11.3 Å². The fraction of sp³-hybridized carbons (Fsp3) is 0.318. The molecule has 7 heteroatoms. The molecule has 152 valence electrons. The molecule has 0 aromatic heterocycles. The van der Waals surface area contributed by atoms with Crippen LogP contribution in [-0.4, -0.2) is 41.2 Å². The lowest BCUT2D eigenvalue weighted by Gasteiger charge is -2.20. The molecule has 2 aromatic carbocycles. The second kappa shape index (κ2) is 8.34. The van der Waals surface area contributed by atoms with E-state index in [1.165, 1.54) is 0 Å². The molecule has 0 aliphatic carbocycles. The molecule has 0 bridgehead atoms. The topological polar surface area (TPSA) is 84.9 Å². The summed E-state index contributed by atoms with van der Waals surface area (Å²) in [6.07, 6.45) is -0.703. The number of carbonyl (C=O) groups excluding carboxylic acids is 3. The number of nitrogens with zero attached hydrogens (tertiary/aromatic N) is 1. The molecule has 1 aliphatic heterocycles. The summed E-state index contributed by atoms with van der Waals surface area (Å²) in [5.41, 5.74) is 1.23. The highest BCUT2D eigenvalue weighted by atomic mass is 16.6. The summed E-state index contributed by atoms with van der Waals surface area (Å²) in [6, 6.07) is 15.6. The molecule has 0 spiro atoms. The minimum absolute atomic E-state index is 0.164. The number of anilines is 1. The summed E-state index contributed by atoms with van der Waals surface area (Å²) >= 11 is 0. The van der Waals surface area contributed by atoms with Crippen molar-refractivity contribution in [2.75, 3.05) is 11.9 Å². The number of carbonyl (C=O) groups is 3. The van der Waals surface area contributed by atoms with Crippen LogP contribution in [0.25, 0.3) is 0 Å². The van der Waals surface area contributed by atoms with Gasteiger partial charge in [-0.05, 0) is 57.0 Å². The van der Waals surface area contributed by atoms with Crippen molar-refractivity contribution < 1.29 is 23.9 Å². The van der Waals surface area contributed by atoms with E-state index in [0.717, 1.165) is 10.5 Å². The molecular formula is C22H24N2O5. The number of cyclic esters (lactones) is 1. The van der Waals surface area contributed by atoms with Gasteiger partial charge < -0.3 is 9.47 Å². The van der Waals surface area contributed by atoms with Crippen molar-refractivity contribution in [3.63, 3.8) is 0 Å². The molecule has 1 heterocycles. The van der Waals surface area contributed by atoms with Gasteiger partial charge in [0.25, 0.3) is 5.91 Å². The predicted octanol–water partition coefficient (Wildman–Crippen LogP) is 4.24. The van der Waals surface area contributed by atoms with Crippen molar-refractivity contribution in [3.8, 4) is 0 Å². The molecule has 29 heavy (non-hydrogen) atoms. The van der Waals surface area contributed by atoms with Crippen molar-refractivity contribution >= 4 is 23.8 Å². The van der Waals surface area contributed by atoms with Crippen molar-refractivity contribution in [2.24, 2.45) is 0 Å². The lowest BCUT2D eigenvalue weighted by Crippen LogP contribution is -2.40. The van der Waals surface area contributed by atoms with E-state index in [2.05, 4.69) is 5.32 Å². The van der Waals surface area contributed by atoms with Crippen LogP contribution in [0.2, 0.25) is 0 Å². The first-order valence-corrected chi connectivity index (χ1v) is 9.37.